The maximum absolute atomic E-state index is 12.1. The Kier molecular flexibility index (Phi) is 11.1. The second-order valence-corrected chi connectivity index (χ2v) is 9.96. The molecule has 0 bridgehead atoms. The molecular weight excluding hydrogens is 471 g/mol. The first-order valence-corrected chi connectivity index (χ1v) is 11.8. The zero-order valence-corrected chi connectivity index (χ0v) is 19.3. The fourth-order valence-corrected chi connectivity index (χ4v) is 5.99. The molecule has 0 spiro atoms. The Morgan fingerprint density at radius 3 is 2.40 bits per heavy atom. The van der Waals surface area contributed by atoms with E-state index in [1.54, 1.807) is 11.4 Å². The molecule has 0 aromatic heterocycles. The number of nitrogens with one attached hydrogen (secondary N) is 2. The van der Waals surface area contributed by atoms with E-state index in [9.17, 15) is 8.42 Å². The third-order valence-electron chi connectivity index (χ3n) is 4.77. The van der Waals surface area contributed by atoms with Crippen molar-refractivity contribution in [1.29, 1.82) is 0 Å². The number of hydrogen-bond acceptors (Lipinski definition) is 4. The van der Waals surface area contributed by atoms with Gasteiger partial charge in [-0.15, -0.1) is 24.0 Å². The molecule has 2 fully saturated rings. The predicted molar refractivity (Wildman–Crippen MR) is 119 cm³/mol. The molecule has 0 aromatic carbocycles. The van der Waals surface area contributed by atoms with E-state index in [4.69, 9.17) is 0 Å². The van der Waals surface area contributed by atoms with E-state index in [1.165, 1.54) is 24.3 Å². The van der Waals surface area contributed by atoms with Crippen molar-refractivity contribution in [3.8, 4) is 0 Å². The van der Waals surface area contributed by atoms with Gasteiger partial charge in [0, 0.05) is 32.7 Å². The van der Waals surface area contributed by atoms with Crippen LogP contribution in [-0.4, -0.2) is 68.7 Å². The number of guanidine groups is 1. The van der Waals surface area contributed by atoms with Crippen molar-refractivity contribution in [2.45, 2.75) is 45.1 Å². The maximum atomic E-state index is 12.1. The van der Waals surface area contributed by atoms with Crippen LogP contribution in [0.25, 0.3) is 0 Å². The van der Waals surface area contributed by atoms with E-state index in [-0.39, 0.29) is 29.7 Å². The van der Waals surface area contributed by atoms with Crippen molar-refractivity contribution in [3.63, 3.8) is 0 Å². The van der Waals surface area contributed by atoms with E-state index in [1.807, 2.05) is 18.7 Å². The summed E-state index contributed by atoms with van der Waals surface area (Å²) in [5, 5.41) is 6.91. The Hall–Kier alpha value is 0.260. The number of thioether (sulfide) groups is 1. The second kappa shape index (κ2) is 11.9. The van der Waals surface area contributed by atoms with E-state index >= 15 is 0 Å². The minimum Gasteiger partial charge on any atom is -0.356 e. The van der Waals surface area contributed by atoms with Crippen LogP contribution in [0.2, 0.25) is 0 Å². The fraction of sp³-hybridized carbons (Fsp3) is 0.938. The molecule has 2 rings (SSSR count). The minimum absolute atomic E-state index is 0. The van der Waals surface area contributed by atoms with Gasteiger partial charge in [0.15, 0.2) is 5.96 Å². The summed E-state index contributed by atoms with van der Waals surface area (Å²) < 4.78 is 25.9. The largest absolute Gasteiger partial charge is 0.356 e. The number of nitrogens with zero attached hydrogens (tertiary/aromatic N) is 2. The van der Waals surface area contributed by atoms with Crippen LogP contribution in [0, 0.1) is 5.92 Å². The summed E-state index contributed by atoms with van der Waals surface area (Å²) in [5.41, 5.74) is 0. The molecule has 0 aromatic rings. The van der Waals surface area contributed by atoms with Crippen molar-refractivity contribution in [3.05, 3.63) is 0 Å². The number of sulfonamides is 1. The van der Waals surface area contributed by atoms with E-state index in [0.29, 0.717) is 25.6 Å². The summed E-state index contributed by atoms with van der Waals surface area (Å²) in [6.45, 7) is 4.10. The Balaban J connectivity index is 0.00000312. The monoisotopic (exact) mass is 504 g/mol. The highest BCUT2D eigenvalue weighted by atomic mass is 127. The van der Waals surface area contributed by atoms with Crippen molar-refractivity contribution in [1.82, 2.24) is 14.9 Å². The fourth-order valence-electron chi connectivity index (χ4n) is 3.24. The van der Waals surface area contributed by atoms with Gasteiger partial charge in [0.2, 0.25) is 10.0 Å². The van der Waals surface area contributed by atoms with Crippen molar-refractivity contribution in [2.24, 2.45) is 10.9 Å². The summed E-state index contributed by atoms with van der Waals surface area (Å²) >= 11 is 2.05. The Labute approximate surface area is 174 Å². The average Bonchev–Trinajstić information content (AvgIpc) is 2.60. The third-order valence-corrected chi connectivity index (χ3v) is 7.90. The van der Waals surface area contributed by atoms with Crippen LogP contribution in [-0.2, 0) is 10.0 Å². The molecule has 2 heterocycles. The van der Waals surface area contributed by atoms with Gasteiger partial charge < -0.3 is 10.6 Å². The van der Waals surface area contributed by atoms with Gasteiger partial charge in [-0.2, -0.15) is 11.8 Å². The van der Waals surface area contributed by atoms with Gasteiger partial charge in [-0.05, 0) is 49.5 Å². The lowest BCUT2D eigenvalue weighted by molar-refractivity contribution is 0.305. The lowest BCUT2D eigenvalue weighted by Gasteiger charge is -2.32. The smallest absolute Gasteiger partial charge is 0.214 e. The molecule has 2 N–H and O–H groups in total. The van der Waals surface area contributed by atoms with Gasteiger partial charge in [0.25, 0.3) is 0 Å². The van der Waals surface area contributed by atoms with Crippen LogP contribution in [0.3, 0.4) is 0 Å². The lowest BCUT2D eigenvalue weighted by atomic mass is 10.0. The molecule has 2 aliphatic rings. The molecule has 2 aliphatic heterocycles. The number of aliphatic imine (C=N–C) groups is 1. The van der Waals surface area contributed by atoms with Crippen molar-refractivity contribution >= 4 is 51.7 Å². The molecule has 0 atom stereocenters. The lowest BCUT2D eigenvalue weighted by Crippen LogP contribution is -2.50. The molecule has 0 aliphatic carbocycles. The van der Waals surface area contributed by atoms with E-state index in [0.717, 1.165) is 31.3 Å². The first-order valence-electron chi connectivity index (χ1n) is 9.08. The first kappa shape index (κ1) is 23.3. The standard InChI is InChI=1S/C16H32N4O2S2.HI/c1-3-12-24(21,22)20-8-4-15(5-9-20)19-16(17-2)18-13-14-6-10-23-11-7-14;/h14-15H,3-13H2,1-2H3,(H2,17,18,19);1H. The Bertz CT molecular complexity index is 502. The first-order chi connectivity index (χ1) is 11.5. The van der Waals surface area contributed by atoms with Crippen LogP contribution in [0.5, 0.6) is 0 Å². The van der Waals surface area contributed by atoms with Gasteiger partial charge in [0.05, 0.1) is 5.75 Å². The minimum atomic E-state index is -3.06. The predicted octanol–water partition coefficient (Wildman–Crippen LogP) is 2.12. The zero-order valence-electron chi connectivity index (χ0n) is 15.4. The Morgan fingerprint density at radius 2 is 1.84 bits per heavy atom. The van der Waals surface area contributed by atoms with Crippen LogP contribution >= 0.6 is 35.7 Å². The summed E-state index contributed by atoms with van der Waals surface area (Å²) in [7, 11) is -1.26. The molecule has 0 radical (unpaired) electrons. The summed E-state index contributed by atoms with van der Waals surface area (Å²) in [5.74, 6) is 4.38. The van der Waals surface area contributed by atoms with Crippen LogP contribution in [0.15, 0.2) is 4.99 Å². The molecule has 0 amide bonds. The summed E-state index contributed by atoms with van der Waals surface area (Å²) in [6, 6.07) is 0.297. The van der Waals surface area contributed by atoms with Gasteiger partial charge in [-0.1, -0.05) is 6.92 Å². The number of hydrogen-bond donors (Lipinski definition) is 2. The molecule has 0 saturated carbocycles. The molecule has 0 unspecified atom stereocenters. The second-order valence-electron chi connectivity index (χ2n) is 6.64. The number of piperidine rings is 1. The normalized spacial score (nSPS) is 21.6. The highest BCUT2D eigenvalue weighted by molar-refractivity contribution is 14.0. The van der Waals surface area contributed by atoms with Crippen molar-refractivity contribution in [2.75, 3.05) is 43.9 Å². The summed E-state index contributed by atoms with van der Waals surface area (Å²) in [6.07, 6.45) is 4.91. The molecule has 2 saturated heterocycles. The highest BCUT2D eigenvalue weighted by Gasteiger charge is 2.27. The van der Waals surface area contributed by atoms with Gasteiger partial charge in [-0.3, -0.25) is 4.99 Å². The van der Waals surface area contributed by atoms with Gasteiger partial charge >= 0.3 is 0 Å². The number of rotatable bonds is 6. The summed E-state index contributed by atoms with van der Waals surface area (Å²) in [4.78, 5) is 4.32. The molecular formula is C16H33IN4O2S2. The topological polar surface area (TPSA) is 73.8 Å². The van der Waals surface area contributed by atoms with Crippen LogP contribution in [0.1, 0.15) is 39.0 Å². The zero-order chi connectivity index (χ0) is 17.4. The van der Waals surface area contributed by atoms with Gasteiger partial charge in [0.1, 0.15) is 0 Å². The van der Waals surface area contributed by atoms with E-state index in [2.05, 4.69) is 15.6 Å². The molecule has 6 nitrogen and oxygen atoms in total. The third kappa shape index (κ3) is 7.80. The van der Waals surface area contributed by atoms with Gasteiger partial charge in [-0.25, -0.2) is 12.7 Å². The molecule has 9 heteroatoms. The Morgan fingerprint density at radius 1 is 1.20 bits per heavy atom. The van der Waals surface area contributed by atoms with Crippen LogP contribution in [0.4, 0.5) is 0 Å². The van der Waals surface area contributed by atoms with Crippen molar-refractivity contribution < 1.29 is 8.42 Å². The van der Waals surface area contributed by atoms with E-state index < -0.39 is 10.0 Å². The maximum Gasteiger partial charge on any atom is 0.214 e. The van der Waals surface area contributed by atoms with Crippen LogP contribution < -0.4 is 10.6 Å². The number of halogens is 1. The molecule has 148 valence electrons. The SMILES string of the molecule is CCCS(=O)(=O)N1CCC(NC(=NC)NCC2CCSCC2)CC1.I. The quantitative estimate of drug-likeness (QED) is 0.330. The average molecular weight is 505 g/mol. The molecule has 25 heavy (non-hydrogen) atoms. The highest BCUT2D eigenvalue weighted by Crippen LogP contribution is 2.21.